The zero-order valence-corrected chi connectivity index (χ0v) is 12.9. The van der Waals surface area contributed by atoms with Crippen molar-refractivity contribution >= 4 is 17.8 Å². The molecular weight excluding hydrogens is 286 g/mol. The van der Waals surface area contributed by atoms with Crippen molar-refractivity contribution in [3.63, 3.8) is 0 Å². The maximum Gasteiger partial charge on any atom is 0.324 e. The maximum absolute atomic E-state index is 12.3. The molecule has 2 aliphatic rings. The average Bonchev–Trinajstić information content (AvgIpc) is 2.98. The van der Waals surface area contributed by atoms with Gasteiger partial charge in [-0.25, -0.2) is 14.8 Å². The number of hydrogen-bond donors (Lipinski definition) is 1. The quantitative estimate of drug-likeness (QED) is 0.813. The van der Waals surface area contributed by atoms with Gasteiger partial charge in [-0.2, -0.15) is 0 Å². The molecule has 3 heterocycles. The molecule has 2 aliphatic heterocycles. The summed E-state index contributed by atoms with van der Waals surface area (Å²) in [4.78, 5) is 35.7. The van der Waals surface area contributed by atoms with Crippen LogP contribution >= 0.6 is 0 Å². The maximum atomic E-state index is 12.3. The second kappa shape index (κ2) is 5.11. The summed E-state index contributed by atoms with van der Waals surface area (Å²) < 4.78 is 5.68. The van der Waals surface area contributed by atoms with E-state index in [1.165, 1.54) is 7.05 Å². The molecule has 1 N–H and O–H groups in total. The minimum Gasteiger partial charge on any atom is -0.472 e. The van der Waals surface area contributed by atoms with Gasteiger partial charge in [0.05, 0.1) is 12.6 Å². The molecule has 8 heteroatoms. The molecule has 1 aromatic heterocycles. The molecule has 0 aromatic carbocycles. The number of rotatable bonds is 3. The Kier molecular flexibility index (Phi) is 3.38. The molecule has 8 nitrogen and oxygen atoms in total. The number of hydrogen-bond acceptors (Lipinski definition) is 6. The number of ether oxygens (including phenoxy) is 1. The highest BCUT2D eigenvalue weighted by molar-refractivity contribution is 6.07. The standard InChI is InChI=1S/C14H19N5O3/c1-9(2)22-11-10(15-5-6-16-11)19-7-4-14(8-19)12(20)18(3)13(21)17-14/h5-6,9H,4,7-8H2,1-3H3,(H,17,21). The van der Waals surface area contributed by atoms with E-state index in [9.17, 15) is 9.59 Å². The normalized spacial score (nSPS) is 24.5. The fourth-order valence-electron chi connectivity index (χ4n) is 2.86. The molecule has 0 aliphatic carbocycles. The van der Waals surface area contributed by atoms with Crippen LogP contribution in [0, 0.1) is 0 Å². The van der Waals surface area contributed by atoms with E-state index in [4.69, 9.17) is 4.74 Å². The van der Waals surface area contributed by atoms with Gasteiger partial charge >= 0.3 is 6.03 Å². The van der Waals surface area contributed by atoms with Gasteiger partial charge in [0, 0.05) is 26.0 Å². The lowest BCUT2D eigenvalue weighted by atomic mass is 9.99. The van der Waals surface area contributed by atoms with Gasteiger partial charge in [0.1, 0.15) is 5.54 Å². The Hall–Kier alpha value is -2.38. The summed E-state index contributed by atoms with van der Waals surface area (Å²) in [6.07, 6.45) is 3.68. The highest BCUT2D eigenvalue weighted by atomic mass is 16.5. The molecule has 1 aromatic rings. The number of imide groups is 1. The van der Waals surface area contributed by atoms with Crippen molar-refractivity contribution in [3.8, 4) is 5.88 Å². The van der Waals surface area contributed by atoms with E-state index in [0.717, 1.165) is 4.90 Å². The van der Waals surface area contributed by atoms with Crippen LogP contribution < -0.4 is 15.0 Å². The lowest BCUT2D eigenvalue weighted by molar-refractivity contribution is -0.129. The van der Waals surface area contributed by atoms with Crippen LogP contribution in [0.1, 0.15) is 20.3 Å². The molecule has 0 saturated carbocycles. The molecule has 22 heavy (non-hydrogen) atoms. The molecule has 2 saturated heterocycles. The second-order valence-electron chi connectivity index (χ2n) is 5.90. The summed E-state index contributed by atoms with van der Waals surface area (Å²) in [5.74, 6) is 0.847. The summed E-state index contributed by atoms with van der Waals surface area (Å²) in [6.45, 7) is 4.81. The molecule has 1 spiro atoms. The van der Waals surface area contributed by atoms with Gasteiger partial charge in [-0.1, -0.05) is 0 Å². The number of likely N-dealkylation sites (N-methyl/N-ethyl adjacent to an activating group) is 1. The van der Waals surface area contributed by atoms with Crippen molar-refractivity contribution in [3.05, 3.63) is 12.4 Å². The minimum atomic E-state index is -0.863. The largest absolute Gasteiger partial charge is 0.472 e. The van der Waals surface area contributed by atoms with Crippen molar-refractivity contribution in [1.82, 2.24) is 20.2 Å². The predicted molar refractivity (Wildman–Crippen MR) is 78.7 cm³/mol. The minimum absolute atomic E-state index is 0.0223. The van der Waals surface area contributed by atoms with Crippen LogP contribution in [0.4, 0.5) is 10.6 Å². The Morgan fingerprint density at radius 1 is 1.32 bits per heavy atom. The van der Waals surface area contributed by atoms with E-state index >= 15 is 0 Å². The van der Waals surface area contributed by atoms with Crippen LogP contribution in [-0.2, 0) is 4.79 Å². The van der Waals surface area contributed by atoms with Crippen molar-refractivity contribution in [2.24, 2.45) is 0 Å². The van der Waals surface area contributed by atoms with Crippen LogP contribution in [0.3, 0.4) is 0 Å². The summed E-state index contributed by atoms with van der Waals surface area (Å²) in [7, 11) is 1.49. The number of carbonyl (C=O) groups is 2. The Morgan fingerprint density at radius 3 is 2.68 bits per heavy atom. The van der Waals surface area contributed by atoms with Gasteiger partial charge < -0.3 is 15.0 Å². The SMILES string of the molecule is CC(C)Oc1nccnc1N1CCC2(C1)NC(=O)N(C)C2=O. The lowest BCUT2D eigenvalue weighted by Gasteiger charge is -2.23. The number of carbonyl (C=O) groups excluding carboxylic acids is 2. The summed E-state index contributed by atoms with van der Waals surface area (Å²) in [5, 5.41) is 2.80. The molecule has 2 fully saturated rings. The van der Waals surface area contributed by atoms with Gasteiger partial charge in [0.2, 0.25) is 0 Å². The van der Waals surface area contributed by atoms with E-state index < -0.39 is 5.54 Å². The van der Waals surface area contributed by atoms with E-state index in [-0.39, 0.29) is 18.0 Å². The summed E-state index contributed by atoms with van der Waals surface area (Å²) in [5.41, 5.74) is -0.863. The van der Waals surface area contributed by atoms with Crippen LogP contribution in [0.25, 0.3) is 0 Å². The monoisotopic (exact) mass is 305 g/mol. The first-order valence-electron chi connectivity index (χ1n) is 7.26. The lowest BCUT2D eigenvalue weighted by Crippen LogP contribution is -2.49. The third kappa shape index (κ3) is 2.24. The Labute approximate surface area is 128 Å². The number of nitrogens with zero attached hydrogens (tertiary/aromatic N) is 4. The predicted octanol–water partition coefficient (Wildman–Crippen LogP) is 0.394. The zero-order chi connectivity index (χ0) is 15.9. The van der Waals surface area contributed by atoms with Crippen LogP contribution in [0.5, 0.6) is 5.88 Å². The summed E-state index contributed by atoms with van der Waals surface area (Å²) in [6, 6.07) is -0.357. The second-order valence-corrected chi connectivity index (χ2v) is 5.90. The Balaban J connectivity index is 1.85. The van der Waals surface area contributed by atoms with Gasteiger partial charge in [-0.15, -0.1) is 0 Å². The number of amides is 3. The van der Waals surface area contributed by atoms with Crippen LogP contribution in [0.2, 0.25) is 0 Å². The van der Waals surface area contributed by atoms with Gasteiger partial charge in [0.15, 0.2) is 5.82 Å². The topological polar surface area (TPSA) is 87.7 Å². The zero-order valence-electron chi connectivity index (χ0n) is 12.9. The van der Waals surface area contributed by atoms with E-state index in [2.05, 4.69) is 15.3 Å². The third-order valence-corrected chi connectivity index (χ3v) is 3.93. The highest BCUT2D eigenvalue weighted by Gasteiger charge is 2.54. The van der Waals surface area contributed by atoms with E-state index in [0.29, 0.717) is 31.2 Å². The molecule has 1 atom stereocenters. The first-order valence-corrected chi connectivity index (χ1v) is 7.26. The number of anilines is 1. The smallest absolute Gasteiger partial charge is 0.324 e. The van der Waals surface area contributed by atoms with Crippen molar-refractivity contribution in [2.45, 2.75) is 31.9 Å². The molecular formula is C14H19N5O3. The van der Waals surface area contributed by atoms with Gasteiger partial charge in [0.25, 0.3) is 11.8 Å². The molecule has 1 unspecified atom stereocenters. The van der Waals surface area contributed by atoms with Crippen molar-refractivity contribution in [2.75, 3.05) is 25.0 Å². The Bertz CT molecular complexity index is 620. The first kappa shape index (κ1) is 14.6. The molecule has 0 radical (unpaired) electrons. The molecule has 3 rings (SSSR count). The fraction of sp³-hybridized carbons (Fsp3) is 0.571. The molecule has 3 amide bonds. The van der Waals surface area contributed by atoms with Crippen molar-refractivity contribution in [1.29, 1.82) is 0 Å². The average molecular weight is 305 g/mol. The number of aromatic nitrogens is 2. The third-order valence-electron chi connectivity index (χ3n) is 3.93. The number of nitrogens with one attached hydrogen (secondary N) is 1. The summed E-state index contributed by atoms with van der Waals surface area (Å²) >= 11 is 0. The van der Waals surface area contributed by atoms with Crippen LogP contribution in [0.15, 0.2) is 12.4 Å². The fourth-order valence-corrected chi connectivity index (χ4v) is 2.86. The van der Waals surface area contributed by atoms with E-state index in [1.54, 1.807) is 12.4 Å². The van der Waals surface area contributed by atoms with Crippen LogP contribution in [-0.4, -0.2) is 58.6 Å². The van der Waals surface area contributed by atoms with Gasteiger partial charge in [-0.3, -0.25) is 9.69 Å². The van der Waals surface area contributed by atoms with Gasteiger partial charge in [-0.05, 0) is 20.3 Å². The molecule has 118 valence electrons. The number of urea groups is 1. The van der Waals surface area contributed by atoms with Crippen molar-refractivity contribution < 1.29 is 14.3 Å². The van der Waals surface area contributed by atoms with E-state index in [1.807, 2.05) is 18.7 Å². The Morgan fingerprint density at radius 2 is 2.05 bits per heavy atom. The highest BCUT2D eigenvalue weighted by Crippen LogP contribution is 2.33. The first-order chi connectivity index (χ1) is 10.4. The molecule has 0 bridgehead atoms.